The van der Waals surface area contributed by atoms with E-state index in [1.54, 1.807) is 18.9 Å². The van der Waals surface area contributed by atoms with Crippen LogP contribution in [0.1, 0.15) is 11.1 Å². The van der Waals surface area contributed by atoms with Gasteiger partial charge in [-0.25, -0.2) is 0 Å². The monoisotopic (exact) mass is 248 g/mol. The number of halogens is 3. The summed E-state index contributed by atoms with van der Waals surface area (Å²) in [5.41, 5.74) is -0.175. The van der Waals surface area contributed by atoms with Gasteiger partial charge in [-0.15, -0.1) is 0 Å². The van der Waals surface area contributed by atoms with E-state index in [-0.39, 0.29) is 5.60 Å². The molecule has 1 aromatic carbocycles. The quantitative estimate of drug-likeness (QED) is 0.794. The molecule has 5 heteroatoms. The molecule has 0 unspecified atom stereocenters. The zero-order valence-corrected chi connectivity index (χ0v) is 9.49. The first-order valence-electron chi connectivity index (χ1n) is 4.79. The summed E-state index contributed by atoms with van der Waals surface area (Å²) in [4.78, 5) is 0. The van der Waals surface area contributed by atoms with Gasteiger partial charge in [0, 0.05) is 18.6 Å². The summed E-state index contributed by atoms with van der Waals surface area (Å²) >= 11 is 1.73. The molecule has 0 N–H and O–H groups in total. The van der Waals surface area contributed by atoms with Crippen LogP contribution in [0.2, 0.25) is 0 Å². The summed E-state index contributed by atoms with van der Waals surface area (Å²) in [7, 11) is 1.59. The van der Waals surface area contributed by atoms with Gasteiger partial charge in [0.1, 0.15) is 5.60 Å². The molecule has 1 saturated heterocycles. The lowest BCUT2D eigenvalue weighted by molar-refractivity contribution is -0.137. The van der Waals surface area contributed by atoms with E-state index in [9.17, 15) is 13.2 Å². The maximum atomic E-state index is 12.4. The van der Waals surface area contributed by atoms with Crippen molar-refractivity contribution in [3.05, 3.63) is 35.4 Å². The number of rotatable bonds is 2. The largest absolute Gasteiger partial charge is 0.416 e. The summed E-state index contributed by atoms with van der Waals surface area (Å²) in [6.07, 6.45) is -4.27. The average molecular weight is 248 g/mol. The Morgan fingerprint density at radius 1 is 1.19 bits per heavy atom. The SMILES string of the molecule is COC1(c2ccc(C(F)(F)F)cc2)CSC1. The number of thioether (sulfide) groups is 1. The zero-order chi connectivity index (χ0) is 11.8. The fourth-order valence-electron chi connectivity index (χ4n) is 1.65. The van der Waals surface area contributed by atoms with Crippen molar-refractivity contribution in [2.24, 2.45) is 0 Å². The van der Waals surface area contributed by atoms with E-state index in [4.69, 9.17) is 4.74 Å². The highest BCUT2D eigenvalue weighted by atomic mass is 32.2. The number of alkyl halides is 3. The summed E-state index contributed by atoms with van der Waals surface area (Å²) in [6.45, 7) is 0. The predicted octanol–water partition coefficient (Wildman–Crippen LogP) is 3.29. The Balaban J connectivity index is 2.26. The lowest BCUT2D eigenvalue weighted by atomic mass is 9.95. The van der Waals surface area contributed by atoms with Crippen molar-refractivity contribution in [3.63, 3.8) is 0 Å². The molecule has 0 spiro atoms. The molecule has 2 rings (SSSR count). The highest BCUT2D eigenvalue weighted by Gasteiger charge is 2.40. The highest BCUT2D eigenvalue weighted by Crippen LogP contribution is 2.42. The van der Waals surface area contributed by atoms with Crippen molar-refractivity contribution in [1.82, 2.24) is 0 Å². The van der Waals surface area contributed by atoms with Crippen LogP contribution < -0.4 is 0 Å². The fourth-order valence-corrected chi connectivity index (χ4v) is 2.80. The molecule has 1 aromatic rings. The average Bonchev–Trinajstić information content (AvgIpc) is 2.16. The van der Waals surface area contributed by atoms with Crippen molar-refractivity contribution in [2.75, 3.05) is 18.6 Å². The van der Waals surface area contributed by atoms with E-state index in [1.807, 2.05) is 0 Å². The van der Waals surface area contributed by atoms with Gasteiger partial charge in [0.2, 0.25) is 0 Å². The van der Waals surface area contributed by atoms with E-state index in [2.05, 4.69) is 0 Å². The number of hydrogen-bond acceptors (Lipinski definition) is 2. The normalized spacial score (nSPS) is 19.2. The van der Waals surface area contributed by atoms with Crippen LogP contribution in [0.25, 0.3) is 0 Å². The van der Waals surface area contributed by atoms with Crippen LogP contribution in [0.4, 0.5) is 13.2 Å². The Morgan fingerprint density at radius 3 is 2.06 bits per heavy atom. The molecule has 0 aromatic heterocycles. The summed E-state index contributed by atoms with van der Waals surface area (Å²) in [6, 6.07) is 5.23. The molecule has 1 aliphatic heterocycles. The smallest absolute Gasteiger partial charge is 0.372 e. The van der Waals surface area contributed by atoms with Crippen LogP contribution in [0.3, 0.4) is 0 Å². The third-order valence-corrected chi connectivity index (χ3v) is 4.14. The number of ether oxygens (including phenoxy) is 1. The Labute approximate surface area is 96.0 Å². The fraction of sp³-hybridized carbons (Fsp3) is 0.455. The molecule has 0 aliphatic carbocycles. The Kier molecular flexibility index (Phi) is 2.92. The van der Waals surface area contributed by atoms with Crippen molar-refractivity contribution < 1.29 is 17.9 Å². The molecule has 0 bridgehead atoms. The van der Waals surface area contributed by atoms with E-state index >= 15 is 0 Å². The molecule has 1 fully saturated rings. The standard InChI is InChI=1S/C11H11F3OS/c1-15-10(6-16-7-10)8-2-4-9(5-3-8)11(12,13)14/h2-5H,6-7H2,1H3. The number of methoxy groups -OCH3 is 1. The van der Waals surface area contributed by atoms with Gasteiger partial charge in [0.25, 0.3) is 0 Å². The molecule has 1 nitrogen and oxygen atoms in total. The molecule has 0 radical (unpaired) electrons. The molecule has 88 valence electrons. The lowest BCUT2D eigenvalue weighted by Crippen LogP contribution is -2.42. The summed E-state index contributed by atoms with van der Waals surface area (Å²) in [5.74, 6) is 1.60. The highest BCUT2D eigenvalue weighted by molar-refractivity contribution is 8.00. The van der Waals surface area contributed by atoms with Gasteiger partial charge in [-0.1, -0.05) is 12.1 Å². The Hall–Kier alpha value is -0.680. The molecule has 1 heterocycles. The molecule has 0 saturated carbocycles. The minimum absolute atomic E-state index is 0.380. The van der Waals surface area contributed by atoms with Gasteiger partial charge in [0.15, 0.2) is 0 Å². The van der Waals surface area contributed by atoms with Gasteiger partial charge < -0.3 is 4.74 Å². The second kappa shape index (κ2) is 3.96. The molecule has 1 aliphatic rings. The molecular formula is C11H11F3OS. The third kappa shape index (κ3) is 1.94. The van der Waals surface area contributed by atoms with Crippen LogP contribution in [0.15, 0.2) is 24.3 Å². The van der Waals surface area contributed by atoms with Crippen LogP contribution in [-0.4, -0.2) is 18.6 Å². The predicted molar refractivity (Wildman–Crippen MR) is 57.5 cm³/mol. The van der Waals surface area contributed by atoms with Crippen molar-refractivity contribution in [3.8, 4) is 0 Å². The minimum Gasteiger partial charge on any atom is -0.372 e. The first-order valence-corrected chi connectivity index (χ1v) is 5.94. The summed E-state index contributed by atoms with van der Waals surface area (Å²) < 4.78 is 42.5. The van der Waals surface area contributed by atoms with Crippen LogP contribution in [0, 0.1) is 0 Å². The lowest BCUT2D eigenvalue weighted by Gasteiger charge is -2.40. The van der Waals surface area contributed by atoms with E-state index < -0.39 is 11.7 Å². The Bertz CT molecular complexity index is 362. The van der Waals surface area contributed by atoms with Gasteiger partial charge >= 0.3 is 6.18 Å². The van der Waals surface area contributed by atoms with E-state index in [0.29, 0.717) is 0 Å². The molecule has 16 heavy (non-hydrogen) atoms. The first-order chi connectivity index (χ1) is 7.48. The van der Waals surface area contributed by atoms with E-state index in [0.717, 1.165) is 29.2 Å². The van der Waals surface area contributed by atoms with Crippen LogP contribution in [-0.2, 0) is 16.5 Å². The Morgan fingerprint density at radius 2 is 1.75 bits per heavy atom. The second-order valence-corrected chi connectivity index (χ2v) is 4.75. The van der Waals surface area contributed by atoms with Gasteiger partial charge in [-0.3, -0.25) is 0 Å². The molecule has 0 atom stereocenters. The van der Waals surface area contributed by atoms with Gasteiger partial charge in [-0.2, -0.15) is 24.9 Å². The minimum atomic E-state index is -4.27. The topological polar surface area (TPSA) is 9.23 Å². The van der Waals surface area contributed by atoms with Gasteiger partial charge in [-0.05, 0) is 17.7 Å². The number of hydrogen-bond donors (Lipinski definition) is 0. The first kappa shape index (κ1) is 11.8. The maximum Gasteiger partial charge on any atom is 0.416 e. The van der Waals surface area contributed by atoms with Crippen molar-refractivity contribution >= 4 is 11.8 Å². The third-order valence-electron chi connectivity index (χ3n) is 2.80. The second-order valence-electron chi connectivity index (χ2n) is 3.77. The van der Waals surface area contributed by atoms with Crippen LogP contribution in [0.5, 0.6) is 0 Å². The van der Waals surface area contributed by atoms with Crippen LogP contribution >= 0.6 is 11.8 Å². The molecule has 0 amide bonds. The zero-order valence-electron chi connectivity index (χ0n) is 8.67. The van der Waals surface area contributed by atoms with Gasteiger partial charge in [0.05, 0.1) is 5.56 Å². The van der Waals surface area contributed by atoms with Crippen molar-refractivity contribution in [1.29, 1.82) is 0 Å². The van der Waals surface area contributed by atoms with E-state index in [1.165, 1.54) is 12.1 Å². The van der Waals surface area contributed by atoms with Crippen molar-refractivity contribution in [2.45, 2.75) is 11.8 Å². The number of benzene rings is 1. The molecular weight excluding hydrogens is 237 g/mol. The summed E-state index contributed by atoms with van der Waals surface area (Å²) in [5, 5.41) is 0. The maximum absolute atomic E-state index is 12.4.